The second kappa shape index (κ2) is 9.02. The highest BCUT2D eigenvalue weighted by atomic mass is 127. The third-order valence-electron chi connectivity index (χ3n) is 2.87. The van der Waals surface area contributed by atoms with Crippen molar-refractivity contribution in [3.8, 4) is 5.75 Å². The summed E-state index contributed by atoms with van der Waals surface area (Å²) in [6.07, 6.45) is -0.489. The minimum absolute atomic E-state index is 0.211. The zero-order chi connectivity index (χ0) is 19.2. The van der Waals surface area contributed by atoms with Crippen molar-refractivity contribution in [2.24, 2.45) is 0 Å². The van der Waals surface area contributed by atoms with Gasteiger partial charge >= 0.3 is 18.0 Å². The molecule has 0 aliphatic carbocycles. The average Bonchev–Trinajstić information content (AvgIpc) is 2.46. The normalized spacial score (nSPS) is 12.1. The smallest absolute Gasteiger partial charge is 0.408 e. The standard InChI is InChI=1S/C17H22INO6/c1-10(20)24-14-7-6-11(8-12(14)18)9-13(15(21)23-5)19-16(22)25-17(2,3)4/h6-8,13H,9H2,1-5H3,(H,19,22)/t13-/m0/s1. The zero-order valence-corrected chi connectivity index (χ0v) is 17.0. The van der Waals surface area contributed by atoms with Gasteiger partial charge in [-0.15, -0.1) is 0 Å². The van der Waals surface area contributed by atoms with Crippen LogP contribution in [0.4, 0.5) is 4.79 Å². The Balaban J connectivity index is 2.88. The number of hydrogen-bond donors (Lipinski definition) is 1. The molecule has 0 fully saturated rings. The molecule has 0 aliphatic rings. The van der Waals surface area contributed by atoms with Crippen LogP contribution in [-0.2, 0) is 25.5 Å². The number of esters is 2. The molecule has 1 N–H and O–H groups in total. The van der Waals surface area contributed by atoms with Crippen molar-refractivity contribution in [2.45, 2.75) is 45.8 Å². The highest BCUT2D eigenvalue weighted by molar-refractivity contribution is 14.1. The number of nitrogens with one attached hydrogen (secondary N) is 1. The molecule has 1 rings (SSSR count). The predicted octanol–water partition coefficient (Wildman–Crippen LogP) is 2.83. The molecule has 0 heterocycles. The number of rotatable bonds is 5. The quantitative estimate of drug-likeness (QED) is 0.411. The molecule has 1 aromatic rings. The van der Waals surface area contributed by atoms with Crippen LogP contribution in [0.2, 0.25) is 0 Å². The molecule has 138 valence electrons. The summed E-state index contributed by atoms with van der Waals surface area (Å²) in [6.45, 7) is 6.52. The van der Waals surface area contributed by atoms with Gasteiger partial charge in [-0.1, -0.05) is 6.07 Å². The lowest BCUT2D eigenvalue weighted by Crippen LogP contribution is -2.45. The first kappa shape index (κ1) is 21.2. The predicted molar refractivity (Wildman–Crippen MR) is 99.3 cm³/mol. The van der Waals surface area contributed by atoms with Gasteiger partial charge in [0.05, 0.1) is 10.7 Å². The third-order valence-corrected chi connectivity index (χ3v) is 3.71. The first-order valence-electron chi connectivity index (χ1n) is 7.56. The molecular weight excluding hydrogens is 441 g/mol. The van der Waals surface area contributed by atoms with E-state index in [9.17, 15) is 14.4 Å². The van der Waals surface area contributed by atoms with E-state index < -0.39 is 29.7 Å². The van der Waals surface area contributed by atoms with Crippen molar-refractivity contribution >= 4 is 40.6 Å². The van der Waals surface area contributed by atoms with E-state index >= 15 is 0 Å². The summed E-state index contributed by atoms with van der Waals surface area (Å²) in [5.74, 6) is -0.554. The molecule has 0 unspecified atom stereocenters. The van der Waals surface area contributed by atoms with Crippen LogP contribution in [0.25, 0.3) is 0 Å². The van der Waals surface area contributed by atoms with Crippen LogP contribution in [0.3, 0.4) is 0 Å². The fraction of sp³-hybridized carbons (Fsp3) is 0.471. The molecule has 0 bridgehead atoms. The molecule has 8 heteroatoms. The van der Waals surface area contributed by atoms with E-state index in [1.165, 1.54) is 14.0 Å². The number of carbonyl (C=O) groups is 3. The molecule has 1 aromatic carbocycles. The number of hydrogen-bond acceptors (Lipinski definition) is 6. The Hall–Kier alpha value is -1.84. The fourth-order valence-corrected chi connectivity index (χ4v) is 2.62. The van der Waals surface area contributed by atoms with Crippen molar-refractivity contribution in [3.05, 3.63) is 27.3 Å². The van der Waals surface area contributed by atoms with Crippen LogP contribution in [0, 0.1) is 3.57 Å². The molecule has 1 atom stereocenters. The van der Waals surface area contributed by atoms with Crippen molar-refractivity contribution in [1.82, 2.24) is 5.32 Å². The molecule has 0 aliphatic heterocycles. The highest BCUT2D eigenvalue weighted by Gasteiger charge is 2.25. The van der Waals surface area contributed by atoms with E-state index in [0.717, 1.165) is 5.56 Å². The molecule has 7 nitrogen and oxygen atoms in total. The molecule has 0 spiro atoms. The Morgan fingerprint density at radius 1 is 1.24 bits per heavy atom. The van der Waals surface area contributed by atoms with Gasteiger partial charge in [-0.25, -0.2) is 9.59 Å². The molecule has 0 saturated carbocycles. The van der Waals surface area contributed by atoms with Gasteiger partial charge in [0, 0.05) is 13.3 Å². The maximum absolute atomic E-state index is 12.0. The first-order chi connectivity index (χ1) is 11.5. The number of alkyl carbamates (subject to hydrolysis) is 1. The Morgan fingerprint density at radius 3 is 2.36 bits per heavy atom. The maximum Gasteiger partial charge on any atom is 0.408 e. The van der Waals surface area contributed by atoms with E-state index in [1.54, 1.807) is 39.0 Å². The monoisotopic (exact) mass is 463 g/mol. The highest BCUT2D eigenvalue weighted by Crippen LogP contribution is 2.23. The number of carbonyl (C=O) groups excluding carboxylic acids is 3. The summed E-state index contributed by atoms with van der Waals surface area (Å²) in [5.41, 5.74) is 0.0954. The lowest BCUT2D eigenvalue weighted by Gasteiger charge is -2.22. The van der Waals surface area contributed by atoms with Crippen LogP contribution in [0.1, 0.15) is 33.3 Å². The topological polar surface area (TPSA) is 90.9 Å². The molecule has 0 aromatic heterocycles. The lowest BCUT2D eigenvalue weighted by molar-refractivity contribution is -0.143. The summed E-state index contributed by atoms with van der Waals surface area (Å²) in [7, 11) is 1.25. The summed E-state index contributed by atoms with van der Waals surface area (Å²) >= 11 is 2.03. The van der Waals surface area contributed by atoms with E-state index in [2.05, 4.69) is 5.32 Å². The number of ether oxygens (including phenoxy) is 3. The van der Waals surface area contributed by atoms with Gasteiger partial charge in [-0.2, -0.15) is 0 Å². The summed E-state index contributed by atoms with van der Waals surface area (Å²) in [5, 5.41) is 2.52. The van der Waals surface area contributed by atoms with Gasteiger partial charge in [0.25, 0.3) is 0 Å². The minimum atomic E-state index is -0.893. The van der Waals surface area contributed by atoms with Crippen LogP contribution < -0.4 is 10.1 Å². The molecular formula is C17H22INO6. The van der Waals surface area contributed by atoms with Gasteiger partial charge < -0.3 is 19.5 Å². The summed E-state index contributed by atoms with van der Waals surface area (Å²) in [4.78, 5) is 34.9. The third kappa shape index (κ3) is 7.72. The van der Waals surface area contributed by atoms with Crippen LogP contribution in [0.5, 0.6) is 5.75 Å². The first-order valence-corrected chi connectivity index (χ1v) is 8.64. The second-order valence-electron chi connectivity index (χ2n) is 6.28. The zero-order valence-electron chi connectivity index (χ0n) is 14.8. The van der Waals surface area contributed by atoms with E-state index in [-0.39, 0.29) is 6.42 Å². The summed E-state index contributed by atoms with van der Waals surface area (Å²) < 4.78 is 15.7. The van der Waals surface area contributed by atoms with Gasteiger partial charge in [-0.3, -0.25) is 4.79 Å². The average molecular weight is 463 g/mol. The molecule has 25 heavy (non-hydrogen) atoms. The molecule has 0 radical (unpaired) electrons. The van der Waals surface area contributed by atoms with Gasteiger partial charge in [0.1, 0.15) is 17.4 Å². The Kier molecular flexibility index (Phi) is 7.65. The minimum Gasteiger partial charge on any atom is -0.467 e. The number of methoxy groups -OCH3 is 1. The van der Waals surface area contributed by atoms with Gasteiger partial charge in [0.2, 0.25) is 0 Å². The maximum atomic E-state index is 12.0. The van der Waals surface area contributed by atoms with Crippen LogP contribution >= 0.6 is 22.6 Å². The fourth-order valence-electron chi connectivity index (χ4n) is 1.93. The Labute approximate surface area is 160 Å². The van der Waals surface area contributed by atoms with Gasteiger partial charge in [-0.05, 0) is 61.1 Å². The Morgan fingerprint density at radius 2 is 1.88 bits per heavy atom. The number of halogens is 1. The molecule has 1 amide bonds. The van der Waals surface area contributed by atoms with Crippen LogP contribution in [0.15, 0.2) is 18.2 Å². The lowest BCUT2D eigenvalue weighted by atomic mass is 10.1. The van der Waals surface area contributed by atoms with Crippen LogP contribution in [-0.4, -0.2) is 36.8 Å². The van der Waals surface area contributed by atoms with E-state index in [0.29, 0.717) is 9.32 Å². The summed E-state index contributed by atoms with van der Waals surface area (Å²) in [6, 6.07) is 4.23. The van der Waals surface area contributed by atoms with Crippen molar-refractivity contribution in [3.63, 3.8) is 0 Å². The largest absolute Gasteiger partial charge is 0.467 e. The Bertz CT molecular complexity index is 653. The molecule has 0 saturated heterocycles. The van der Waals surface area contributed by atoms with Crippen molar-refractivity contribution in [2.75, 3.05) is 7.11 Å². The van der Waals surface area contributed by atoms with E-state index in [1.807, 2.05) is 22.6 Å². The van der Waals surface area contributed by atoms with Crippen molar-refractivity contribution in [1.29, 1.82) is 0 Å². The van der Waals surface area contributed by atoms with E-state index in [4.69, 9.17) is 14.2 Å². The second-order valence-corrected chi connectivity index (χ2v) is 7.45. The van der Waals surface area contributed by atoms with Crippen molar-refractivity contribution < 1.29 is 28.6 Å². The number of benzene rings is 1. The van der Waals surface area contributed by atoms with Gasteiger partial charge in [0.15, 0.2) is 0 Å². The number of amides is 1. The SMILES string of the molecule is COC(=O)[C@H](Cc1ccc(OC(C)=O)c(I)c1)NC(=O)OC(C)(C)C.